The van der Waals surface area contributed by atoms with Gasteiger partial charge in [0.05, 0.1) is 10.8 Å². The van der Waals surface area contributed by atoms with Gasteiger partial charge in [-0.1, -0.05) is 24.3 Å². The lowest BCUT2D eigenvalue weighted by molar-refractivity contribution is -0.143. The molecule has 7 heteroatoms. The smallest absolute Gasteiger partial charge is 0.316 e. The van der Waals surface area contributed by atoms with Crippen molar-refractivity contribution in [2.75, 3.05) is 26.2 Å². The van der Waals surface area contributed by atoms with Crippen LogP contribution in [0.3, 0.4) is 0 Å². The van der Waals surface area contributed by atoms with Crippen LogP contribution < -0.4 is 18.9 Å². The number of allylic oxidation sites excluding steroid dienone is 1. The number of carbonyl (C=O) groups is 2. The number of nitrogens with zero attached hydrogens (tertiary/aromatic N) is 1. The van der Waals surface area contributed by atoms with Crippen LogP contribution in [0.4, 0.5) is 0 Å². The van der Waals surface area contributed by atoms with Crippen LogP contribution in [0.25, 0.3) is 11.1 Å². The number of benzene rings is 3. The third kappa shape index (κ3) is 7.77. The van der Waals surface area contributed by atoms with E-state index in [2.05, 4.69) is 11.8 Å². The highest BCUT2D eigenvalue weighted by atomic mass is 16.5. The average molecular weight is 612 g/mol. The van der Waals surface area contributed by atoms with E-state index in [0.717, 1.165) is 53.2 Å². The van der Waals surface area contributed by atoms with E-state index in [1.807, 2.05) is 96.1 Å². The van der Waals surface area contributed by atoms with Gasteiger partial charge in [-0.3, -0.25) is 14.5 Å². The molecule has 2 heterocycles. The maximum absolute atomic E-state index is 12.6. The summed E-state index contributed by atoms with van der Waals surface area (Å²) in [6.07, 6.45) is 2.09. The molecule has 1 saturated heterocycles. The largest absolute Gasteiger partial charge is 0.492 e. The Labute approximate surface area is 267 Å². The van der Waals surface area contributed by atoms with E-state index in [1.54, 1.807) is 12.1 Å². The summed E-state index contributed by atoms with van der Waals surface area (Å²) in [4.78, 5) is 27.5. The number of rotatable bonds is 8. The van der Waals surface area contributed by atoms with Crippen LogP contribution in [0.5, 0.6) is 23.0 Å². The molecule has 1 atom stereocenters. The highest BCUT2D eigenvalue weighted by molar-refractivity contribution is 5.96. The number of likely N-dealkylation sites (tertiary alicyclic amines) is 1. The molecule has 0 amide bonds. The van der Waals surface area contributed by atoms with Crippen LogP contribution in [-0.4, -0.2) is 43.1 Å². The van der Waals surface area contributed by atoms with Crippen LogP contribution in [0.1, 0.15) is 84.1 Å². The molecule has 3 aromatic rings. The van der Waals surface area contributed by atoms with Crippen molar-refractivity contribution in [3.8, 4) is 23.0 Å². The summed E-state index contributed by atoms with van der Waals surface area (Å²) in [6.45, 7) is 16.9. The van der Waals surface area contributed by atoms with Crippen molar-refractivity contribution in [2.24, 2.45) is 10.8 Å². The minimum atomic E-state index is -0.631. The van der Waals surface area contributed by atoms with Gasteiger partial charge in [-0.25, -0.2) is 0 Å². The molecule has 1 unspecified atom stereocenters. The Morgan fingerprint density at radius 1 is 0.778 bits per heavy atom. The van der Waals surface area contributed by atoms with Crippen molar-refractivity contribution in [2.45, 2.75) is 67.4 Å². The molecule has 0 bridgehead atoms. The topological polar surface area (TPSA) is 74.3 Å². The van der Waals surface area contributed by atoms with E-state index >= 15 is 0 Å². The van der Waals surface area contributed by atoms with Crippen LogP contribution in [0.2, 0.25) is 0 Å². The second kappa shape index (κ2) is 13.1. The van der Waals surface area contributed by atoms with Gasteiger partial charge in [0.2, 0.25) is 0 Å². The van der Waals surface area contributed by atoms with Crippen LogP contribution in [0, 0.1) is 10.8 Å². The van der Waals surface area contributed by atoms with Gasteiger partial charge >= 0.3 is 11.9 Å². The highest BCUT2D eigenvalue weighted by Gasteiger charge is 2.31. The molecule has 3 aromatic carbocycles. The third-order valence-electron chi connectivity index (χ3n) is 8.14. The zero-order chi connectivity index (χ0) is 32.4. The Morgan fingerprint density at radius 2 is 1.33 bits per heavy atom. The number of fused-ring (bicyclic) bond motifs is 1. The Morgan fingerprint density at radius 3 is 1.93 bits per heavy atom. The monoisotopic (exact) mass is 611 g/mol. The molecule has 5 rings (SSSR count). The summed E-state index contributed by atoms with van der Waals surface area (Å²) in [7, 11) is 0. The summed E-state index contributed by atoms with van der Waals surface area (Å²) in [5, 5.41) is 0. The molecule has 2 aliphatic rings. The van der Waals surface area contributed by atoms with Crippen molar-refractivity contribution >= 4 is 23.1 Å². The number of ether oxygens (including phenoxy) is 4. The van der Waals surface area contributed by atoms with Crippen molar-refractivity contribution in [1.82, 2.24) is 4.90 Å². The van der Waals surface area contributed by atoms with Gasteiger partial charge in [-0.2, -0.15) is 0 Å². The number of carbonyl (C=O) groups excluding carboxylic acids is 2. The summed E-state index contributed by atoms with van der Waals surface area (Å²) in [5.41, 5.74) is 3.64. The Hall–Kier alpha value is -4.10. The van der Waals surface area contributed by atoms with Crippen molar-refractivity contribution in [3.63, 3.8) is 0 Å². The molecule has 238 valence electrons. The molecule has 0 aromatic heterocycles. The molecule has 0 aliphatic carbocycles. The van der Waals surface area contributed by atoms with Crippen LogP contribution in [-0.2, 0) is 9.59 Å². The predicted molar refractivity (Wildman–Crippen MR) is 177 cm³/mol. The second-order valence-corrected chi connectivity index (χ2v) is 14.0. The lowest BCUT2D eigenvalue weighted by Gasteiger charge is -2.31. The Bertz CT molecular complexity index is 1550. The van der Waals surface area contributed by atoms with Crippen LogP contribution in [0.15, 0.2) is 66.7 Å². The quantitative estimate of drug-likeness (QED) is 0.188. The Kier molecular flexibility index (Phi) is 9.40. The minimum Gasteiger partial charge on any atom is -0.492 e. The van der Waals surface area contributed by atoms with E-state index in [0.29, 0.717) is 23.9 Å². The number of esters is 2. The van der Waals surface area contributed by atoms with Gasteiger partial charge in [0, 0.05) is 23.7 Å². The molecule has 2 aliphatic heterocycles. The first-order valence-electron chi connectivity index (χ1n) is 15.8. The molecule has 0 spiro atoms. The Balaban J connectivity index is 1.45. The normalized spacial score (nSPS) is 17.0. The van der Waals surface area contributed by atoms with E-state index in [-0.39, 0.29) is 11.9 Å². The lowest BCUT2D eigenvalue weighted by atomic mass is 9.86. The van der Waals surface area contributed by atoms with Crippen molar-refractivity contribution < 1.29 is 28.5 Å². The van der Waals surface area contributed by atoms with E-state index in [9.17, 15) is 9.59 Å². The fourth-order valence-electron chi connectivity index (χ4n) is 5.36. The lowest BCUT2D eigenvalue weighted by Crippen LogP contribution is -2.25. The predicted octanol–water partition coefficient (Wildman–Crippen LogP) is 8.13. The van der Waals surface area contributed by atoms with E-state index in [4.69, 9.17) is 18.9 Å². The van der Waals surface area contributed by atoms with Gasteiger partial charge < -0.3 is 18.9 Å². The van der Waals surface area contributed by atoms with Gasteiger partial charge in [-0.05, 0) is 127 Å². The second-order valence-electron chi connectivity index (χ2n) is 14.0. The van der Waals surface area contributed by atoms with Crippen LogP contribution >= 0.6 is 0 Å². The fraction of sp³-hybridized carbons (Fsp3) is 0.421. The SMILES string of the molecule is CC1=C(c2ccc(OC(=O)C(C)(C)C)cc2)C(c2ccc(OCCN3CCCC3)cc2)Oc2cc(OC(=O)C(C)(C)C)ccc21. The molecule has 0 N–H and O–H groups in total. The zero-order valence-corrected chi connectivity index (χ0v) is 27.6. The van der Waals surface area contributed by atoms with Crippen molar-refractivity contribution in [1.29, 1.82) is 0 Å². The van der Waals surface area contributed by atoms with Crippen molar-refractivity contribution in [3.05, 3.63) is 83.4 Å². The van der Waals surface area contributed by atoms with Gasteiger partial charge in [-0.15, -0.1) is 0 Å². The van der Waals surface area contributed by atoms with E-state index < -0.39 is 16.9 Å². The summed E-state index contributed by atoms with van der Waals surface area (Å²) in [6, 6.07) is 21.1. The fourth-order valence-corrected chi connectivity index (χ4v) is 5.36. The molecular formula is C38H45NO6. The maximum Gasteiger partial charge on any atom is 0.316 e. The summed E-state index contributed by atoms with van der Waals surface area (Å²) in [5.74, 6) is 1.79. The summed E-state index contributed by atoms with van der Waals surface area (Å²) < 4.78 is 24.1. The average Bonchev–Trinajstić information content (AvgIpc) is 3.51. The third-order valence-corrected chi connectivity index (χ3v) is 8.14. The highest BCUT2D eigenvalue weighted by Crippen LogP contribution is 2.48. The number of hydrogen-bond donors (Lipinski definition) is 0. The van der Waals surface area contributed by atoms with E-state index in [1.165, 1.54) is 12.8 Å². The first-order valence-corrected chi connectivity index (χ1v) is 15.8. The molecule has 45 heavy (non-hydrogen) atoms. The minimum absolute atomic E-state index is 0.288. The first kappa shape index (κ1) is 32.3. The summed E-state index contributed by atoms with van der Waals surface area (Å²) >= 11 is 0. The standard InChI is InChI=1S/C38H45NO6/c1-25-31-19-18-30(44-36(41)38(5,6)7)24-32(31)45-34(27-12-14-28(15-13-27)42-23-22-39-20-8-9-21-39)33(25)26-10-16-29(17-11-26)43-35(40)37(2,3)4/h10-19,24,34H,8-9,20-23H2,1-7H3. The molecule has 7 nitrogen and oxygen atoms in total. The maximum atomic E-state index is 12.6. The van der Waals surface area contributed by atoms with Gasteiger partial charge in [0.25, 0.3) is 0 Å². The van der Waals surface area contributed by atoms with Gasteiger partial charge in [0.15, 0.2) is 0 Å². The van der Waals surface area contributed by atoms with Gasteiger partial charge in [0.1, 0.15) is 35.7 Å². The molecule has 0 radical (unpaired) electrons. The first-order chi connectivity index (χ1) is 21.3. The zero-order valence-electron chi connectivity index (χ0n) is 27.6. The molecule has 0 saturated carbocycles. The molecular weight excluding hydrogens is 566 g/mol. The number of hydrogen-bond acceptors (Lipinski definition) is 7. The molecule has 1 fully saturated rings.